The predicted octanol–water partition coefficient (Wildman–Crippen LogP) is 8.74. The zero-order valence-electron chi connectivity index (χ0n) is 22.3. The molecular formula is C37H27N3O. The highest BCUT2D eigenvalue weighted by molar-refractivity contribution is 6.07. The number of furan rings is 1. The molecule has 2 heterocycles. The monoisotopic (exact) mass is 529 g/mol. The molecule has 2 N–H and O–H groups in total. The van der Waals surface area contributed by atoms with Crippen molar-refractivity contribution in [3.63, 3.8) is 0 Å². The molecule has 0 saturated carbocycles. The third-order valence-electron chi connectivity index (χ3n) is 7.98. The molecule has 8 rings (SSSR count). The Morgan fingerprint density at radius 1 is 0.561 bits per heavy atom. The van der Waals surface area contributed by atoms with Crippen LogP contribution < -0.4 is 10.6 Å². The molecule has 7 aromatic rings. The van der Waals surface area contributed by atoms with Gasteiger partial charge >= 0.3 is 0 Å². The summed E-state index contributed by atoms with van der Waals surface area (Å²) in [7, 11) is 0. The summed E-state index contributed by atoms with van der Waals surface area (Å²) in [5.74, 6) is 0.858. The molecule has 41 heavy (non-hydrogen) atoms. The van der Waals surface area contributed by atoms with Crippen LogP contribution in [0.5, 0.6) is 0 Å². The smallest absolute Gasteiger partial charge is 0.135 e. The van der Waals surface area contributed by atoms with Crippen LogP contribution in [-0.2, 0) is 0 Å². The minimum absolute atomic E-state index is 0.171. The third kappa shape index (κ3) is 4.17. The number of hydrogen-bond acceptors (Lipinski definition) is 4. The average molecular weight is 530 g/mol. The van der Waals surface area contributed by atoms with Gasteiger partial charge in [0, 0.05) is 21.9 Å². The van der Waals surface area contributed by atoms with Crippen molar-refractivity contribution >= 4 is 38.5 Å². The van der Waals surface area contributed by atoms with E-state index in [0.717, 1.165) is 44.5 Å². The molecule has 1 aliphatic rings. The van der Waals surface area contributed by atoms with Crippen molar-refractivity contribution in [3.8, 4) is 11.1 Å². The Bertz CT molecular complexity index is 2050. The molecule has 0 aliphatic carbocycles. The number of benzene rings is 6. The normalized spacial score (nSPS) is 17.0. The fourth-order valence-corrected chi connectivity index (χ4v) is 6.00. The zero-order valence-corrected chi connectivity index (χ0v) is 22.3. The van der Waals surface area contributed by atoms with Gasteiger partial charge in [0.2, 0.25) is 0 Å². The quantitative estimate of drug-likeness (QED) is 0.240. The Morgan fingerprint density at radius 3 is 2.12 bits per heavy atom. The van der Waals surface area contributed by atoms with Crippen LogP contribution in [0.4, 0.5) is 0 Å². The van der Waals surface area contributed by atoms with Crippen molar-refractivity contribution in [2.24, 2.45) is 4.99 Å². The first-order valence-electron chi connectivity index (χ1n) is 14.0. The summed E-state index contributed by atoms with van der Waals surface area (Å²) in [6.45, 7) is 0. The van der Waals surface area contributed by atoms with Crippen molar-refractivity contribution in [2.75, 3.05) is 0 Å². The van der Waals surface area contributed by atoms with Gasteiger partial charge in [0.25, 0.3) is 0 Å². The van der Waals surface area contributed by atoms with Crippen LogP contribution in [0, 0.1) is 0 Å². The first-order chi connectivity index (χ1) is 20.3. The molecule has 4 nitrogen and oxygen atoms in total. The summed E-state index contributed by atoms with van der Waals surface area (Å²) in [5.41, 5.74) is 7.49. The van der Waals surface area contributed by atoms with Gasteiger partial charge < -0.3 is 9.73 Å². The van der Waals surface area contributed by atoms with E-state index in [0.29, 0.717) is 0 Å². The topological polar surface area (TPSA) is 49.6 Å². The maximum Gasteiger partial charge on any atom is 0.135 e. The molecule has 4 heteroatoms. The molecule has 2 unspecified atom stereocenters. The van der Waals surface area contributed by atoms with Gasteiger partial charge in [0.05, 0.1) is 0 Å². The van der Waals surface area contributed by atoms with Crippen LogP contribution in [0.15, 0.2) is 149 Å². The lowest BCUT2D eigenvalue weighted by Crippen LogP contribution is -2.45. The third-order valence-corrected chi connectivity index (χ3v) is 7.98. The summed E-state index contributed by atoms with van der Waals surface area (Å²) in [4.78, 5) is 5.15. The molecule has 0 fully saturated rings. The van der Waals surface area contributed by atoms with Gasteiger partial charge in [-0.15, -0.1) is 0 Å². The SMILES string of the molecule is c1ccc(C2N=C(c3ccc(-c4cccc5ccccc45)cc3)NC(c3cccc4oc5ccccc5c34)N2)cc1. The molecule has 0 spiro atoms. The maximum atomic E-state index is 6.21. The van der Waals surface area contributed by atoms with Crippen LogP contribution in [-0.4, -0.2) is 5.84 Å². The first-order valence-corrected chi connectivity index (χ1v) is 14.0. The largest absolute Gasteiger partial charge is 0.456 e. The molecule has 2 atom stereocenters. The second kappa shape index (κ2) is 9.77. The molecule has 0 radical (unpaired) electrons. The van der Waals surface area contributed by atoms with E-state index in [1.165, 1.54) is 21.9 Å². The van der Waals surface area contributed by atoms with Gasteiger partial charge in [0.1, 0.15) is 29.3 Å². The highest BCUT2D eigenvalue weighted by Gasteiger charge is 2.27. The van der Waals surface area contributed by atoms with E-state index in [1.807, 2.05) is 24.3 Å². The van der Waals surface area contributed by atoms with Crippen molar-refractivity contribution in [1.82, 2.24) is 10.6 Å². The van der Waals surface area contributed by atoms with Gasteiger partial charge in [-0.05, 0) is 39.6 Å². The van der Waals surface area contributed by atoms with Gasteiger partial charge in [-0.1, -0.05) is 127 Å². The summed E-state index contributed by atoms with van der Waals surface area (Å²) < 4.78 is 6.21. The van der Waals surface area contributed by atoms with E-state index in [9.17, 15) is 0 Å². The number of rotatable bonds is 4. The van der Waals surface area contributed by atoms with E-state index in [2.05, 4.69) is 126 Å². The summed E-state index contributed by atoms with van der Waals surface area (Å²) in [5, 5.41) is 12.2. The Balaban J connectivity index is 1.21. The second-order valence-electron chi connectivity index (χ2n) is 10.5. The predicted molar refractivity (Wildman–Crippen MR) is 168 cm³/mol. The van der Waals surface area contributed by atoms with Crippen LogP contribution in [0.3, 0.4) is 0 Å². The number of nitrogens with one attached hydrogen (secondary N) is 2. The van der Waals surface area contributed by atoms with E-state index in [4.69, 9.17) is 9.41 Å². The minimum atomic E-state index is -0.205. The molecule has 0 amide bonds. The lowest BCUT2D eigenvalue weighted by Gasteiger charge is -2.32. The second-order valence-corrected chi connectivity index (χ2v) is 10.5. The molecular weight excluding hydrogens is 502 g/mol. The van der Waals surface area contributed by atoms with Gasteiger partial charge in [-0.3, -0.25) is 5.32 Å². The molecule has 196 valence electrons. The van der Waals surface area contributed by atoms with E-state index >= 15 is 0 Å². The Kier molecular flexibility index (Phi) is 5.64. The standard InChI is InChI=1S/C37H27N3O/c1-2-11-26(12-3-1)35-38-36(27-22-20-25(21-23-27)29-16-8-13-24-10-4-5-14-28(24)29)40-37(39-35)31-17-9-19-33-34(31)30-15-6-7-18-32(30)41-33/h1-23,35,37,39H,(H,38,40). The number of fused-ring (bicyclic) bond motifs is 4. The molecule has 0 saturated heterocycles. The molecule has 1 aliphatic heterocycles. The molecule has 0 bridgehead atoms. The van der Waals surface area contributed by atoms with Crippen molar-refractivity contribution in [1.29, 1.82) is 0 Å². The first kappa shape index (κ1) is 23.7. The highest BCUT2D eigenvalue weighted by atomic mass is 16.3. The lowest BCUT2D eigenvalue weighted by atomic mass is 9.97. The van der Waals surface area contributed by atoms with Gasteiger partial charge in [-0.25, -0.2) is 4.99 Å². The summed E-state index contributed by atoms with van der Waals surface area (Å²) >= 11 is 0. The van der Waals surface area contributed by atoms with Crippen molar-refractivity contribution in [3.05, 3.63) is 156 Å². The van der Waals surface area contributed by atoms with Crippen molar-refractivity contribution in [2.45, 2.75) is 12.3 Å². The van der Waals surface area contributed by atoms with Crippen LogP contribution in [0.25, 0.3) is 43.8 Å². The van der Waals surface area contributed by atoms with E-state index in [1.54, 1.807) is 0 Å². The number of hydrogen-bond donors (Lipinski definition) is 2. The average Bonchev–Trinajstić information content (AvgIpc) is 3.44. The fourth-order valence-electron chi connectivity index (χ4n) is 6.00. The zero-order chi connectivity index (χ0) is 27.2. The Labute approximate surface area is 238 Å². The Morgan fingerprint density at radius 2 is 1.24 bits per heavy atom. The van der Waals surface area contributed by atoms with Crippen LogP contribution >= 0.6 is 0 Å². The lowest BCUT2D eigenvalue weighted by molar-refractivity contribution is 0.411. The van der Waals surface area contributed by atoms with Crippen LogP contribution in [0.1, 0.15) is 29.0 Å². The van der Waals surface area contributed by atoms with Gasteiger partial charge in [-0.2, -0.15) is 0 Å². The summed E-state index contributed by atoms with van der Waals surface area (Å²) in [6.07, 6.45) is -0.376. The van der Waals surface area contributed by atoms with Gasteiger partial charge in [0.15, 0.2) is 0 Å². The van der Waals surface area contributed by atoms with E-state index in [-0.39, 0.29) is 12.3 Å². The minimum Gasteiger partial charge on any atom is -0.456 e. The van der Waals surface area contributed by atoms with E-state index < -0.39 is 0 Å². The number of aliphatic imine (C=N–C) groups is 1. The molecule has 1 aromatic heterocycles. The van der Waals surface area contributed by atoms with Crippen molar-refractivity contribution < 1.29 is 4.42 Å². The number of nitrogens with zero attached hydrogens (tertiary/aromatic N) is 1. The molecule has 6 aromatic carbocycles. The fraction of sp³-hybridized carbons (Fsp3) is 0.0541. The maximum absolute atomic E-state index is 6.21. The highest BCUT2D eigenvalue weighted by Crippen LogP contribution is 2.36. The number of para-hydroxylation sites is 1. The van der Waals surface area contributed by atoms with Crippen LogP contribution in [0.2, 0.25) is 0 Å². The Hall–Kier alpha value is -5.19. The summed E-state index contributed by atoms with van der Waals surface area (Å²) in [6, 6.07) is 48.6. The number of amidine groups is 1.